The highest BCUT2D eigenvalue weighted by Crippen LogP contribution is 2.29. The minimum Gasteiger partial charge on any atom is -0.493 e. The molecule has 1 aliphatic heterocycles. The number of nitrogens with one attached hydrogen (secondary N) is 1. The second-order valence-corrected chi connectivity index (χ2v) is 8.14. The summed E-state index contributed by atoms with van der Waals surface area (Å²) >= 11 is 0. The van der Waals surface area contributed by atoms with Gasteiger partial charge in [0.1, 0.15) is 5.75 Å². The van der Waals surface area contributed by atoms with Gasteiger partial charge in [-0.25, -0.2) is 0 Å². The third kappa shape index (κ3) is 3.71. The maximum atomic E-state index is 13.3. The topological polar surface area (TPSA) is 62.4 Å². The summed E-state index contributed by atoms with van der Waals surface area (Å²) in [5.41, 5.74) is 4.18. The third-order valence-corrected chi connectivity index (χ3v) is 5.87. The first kappa shape index (κ1) is 18.8. The predicted octanol–water partition coefficient (Wildman–Crippen LogP) is 4.08. The molecule has 1 aromatic carbocycles. The molecule has 148 valence electrons. The first-order valence-electron chi connectivity index (χ1n) is 10.3. The highest BCUT2D eigenvalue weighted by Gasteiger charge is 2.32. The largest absolute Gasteiger partial charge is 0.493 e. The zero-order valence-corrected chi connectivity index (χ0v) is 16.7. The van der Waals surface area contributed by atoms with Crippen molar-refractivity contribution in [3.63, 3.8) is 0 Å². The number of hydrogen-bond donors (Lipinski definition) is 1. The van der Waals surface area contributed by atoms with Gasteiger partial charge in [-0.15, -0.1) is 0 Å². The number of ether oxygens (including phenoxy) is 1. The van der Waals surface area contributed by atoms with Gasteiger partial charge in [-0.05, 0) is 57.2 Å². The molecule has 28 heavy (non-hydrogen) atoms. The summed E-state index contributed by atoms with van der Waals surface area (Å²) in [6.45, 7) is 5.98. The summed E-state index contributed by atoms with van der Waals surface area (Å²) in [6.07, 6.45) is 4.27. The van der Waals surface area contributed by atoms with Crippen molar-refractivity contribution in [3.8, 4) is 5.75 Å². The Morgan fingerprint density at radius 2 is 2.11 bits per heavy atom. The number of likely N-dealkylation sites (tertiary alicyclic amines) is 1. The average molecular weight is 380 g/mol. The molecule has 1 saturated heterocycles. The van der Waals surface area contributed by atoms with Crippen LogP contribution in [0.1, 0.15) is 63.4 Å². The number of amides is 1. The number of aromatic nitrogens is 1. The number of Topliss-reactive ketones (excluding diaryl/α,β-unsaturated/α-hetero) is 1. The number of ketones is 1. The van der Waals surface area contributed by atoms with Gasteiger partial charge in [-0.3, -0.25) is 9.59 Å². The number of benzene rings is 1. The molecule has 1 unspecified atom stereocenters. The van der Waals surface area contributed by atoms with Crippen LogP contribution in [0.25, 0.3) is 0 Å². The van der Waals surface area contributed by atoms with Gasteiger partial charge in [-0.1, -0.05) is 12.1 Å². The Balaban J connectivity index is 1.45. The Morgan fingerprint density at radius 1 is 1.25 bits per heavy atom. The maximum Gasteiger partial charge on any atom is 0.256 e. The van der Waals surface area contributed by atoms with Crippen LogP contribution in [-0.4, -0.2) is 41.3 Å². The van der Waals surface area contributed by atoms with Crippen molar-refractivity contribution in [1.29, 1.82) is 0 Å². The molecule has 0 spiro atoms. The number of hydrogen-bond acceptors (Lipinski definition) is 3. The number of aryl methyl sites for hydroxylation is 3. The van der Waals surface area contributed by atoms with Crippen molar-refractivity contribution in [3.05, 3.63) is 52.3 Å². The Hall–Kier alpha value is -2.56. The van der Waals surface area contributed by atoms with Gasteiger partial charge in [0.2, 0.25) is 0 Å². The molecule has 5 nitrogen and oxygen atoms in total. The minimum atomic E-state index is -0.00879. The maximum absolute atomic E-state index is 13.3. The first-order valence-corrected chi connectivity index (χ1v) is 10.3. The van der Waals surface area contributed by atoms with Crippen molar-refractivity contribution in [2.24, 2.45) is 5.92 Å². The van der Waals surface area contributed by atoms with Gasteiger partial charge in [0, 0.05) is 36.8 Å². The van der Waals surface area contributed by atoms with Gasteiger partial charge in [0.15, 0.2) is 5.78 Å². The standard InChI is InChI=1S/C23H28N2O3/c1-15-6-3-8-18(12-15)28-14-17-7-5-11-25(13-17)23(27)21-16(2)24-19-9-4-10-20(26)22(19)21/h3,6,8,12,17,24H,4-5,7,9-11,13-14H2,1-2H3. The zero-order chi connectivity index (χ0) is 19.7. The SMILES string of the molecule is Cc1cccc(OCC2CCCN(C(=O)c3c(C)[nH]c4c3C(=O)CCC4)C2)c1. The van der Waals surface area contributed by atoms with Crippen molar-refractivity contribution < 1.29 is 14.3 Å². The van der Waals surface area contributed by atoms with E-state index in [1.807, 2.05) is 30.0 Å². The van der Waals surface area contributed by atoms with Gasteiger partial charge in [0.25, 0.3) is 5.91 Å². The van der Waals surface area contributed by atoms with E-state index in [0.29, 0.717) is 36.6 Å². The van der Waals surface area contributed by atoms with E-state index in [1.54, 1.807) is 0 Å². The Morgan fingerprint density at radius 3 is 2.93 bits per heavy atom. The number of carbonyl (C=O) groups excluding carboxylic acids is 2. The monoisotopic (exact) mass is 380 g/mol. The van der Waals surface area contributed by atoms with Gasteiger partial charge in [-0.2, -0.15) is 0 Å². The molecule has 5 heteroatoms. The fourth-order valence-electron chi connectivity index (χ4n) is 4.47. The molecular weight excluding hydrogens is 352 g/mol. The van der Waals surface area contributed by atoms with E-state index in [1.165, 1.54) is 5.56 Å². The molecule has 2 heterocycles. The lowest BCUT2D eigenvalue weighted by atomic mass is 9.92. The van der Waals surface area contributed by atoms with E-state index < -0.39 is 0 Å². The molecule has 4 rings (SSSR count). The normalized spacial score (nSPS) is 19.4. The van der Waals surface area contributed by atoms with Crippen LogP contribution in [0.15, 0.2) is 24.3 Å². The molecule has 1 amide bonds. The molecule has 1 aromatic heterocycles. The first-order chi connectivity index (χ1) is 13.5. The second-order valence-electron chi connectivity index (χ2n) is 8.14. The number of carbonyl (C=O) groups is 2. The Bertz CT molecular complexity index is 899. The summed E-state index contributed by atoms with van der Waals surface area (Å²) in [7, 11) is 0. The highest BCUT2D eigenvalue weighted by molar-refractivity contribution is 6.10. The van der Waals surface area contributed by atoms with Crippen molar-refractivity contribution in [2.45, 2.75) is 46.0 Å². The number of piperidine rings is 1. The highest BCUT2D eigenvalue weighted by atomic mass is 16.5. The molecule has 0 radical (unpaired) electrons. The molecule has 1 aliphatic carbocycles. The molecular formula is C23H28N2O3. The Kier molecular flexibility index (Phi) is 5.25. The Labute approximate surface area is 166 Å². The van der Waals surface area contributed by atoms with Crippen molar-refractivity contribution >= 4 is 11.7 Å². The van der Waals surface area contributed by atoms with Crippen LogP contribution in [0.3, 0.4) is 0 Å². The van der Waals surface area contributed by atoms with E-state index in [2.05, 4.69) is 18.0 Å². The molecule has 1 N–H and O–H groups in total. The van der Waals surface area contributed by atoms with Crippen LogP contribution in [0.2, 0.25) is 0 Å². The fourth-order valence-corrected chi connectivity index (χ4v) is 4.47. The van der Waals surface area contributed by atoms with Crippen molar-refractivity contribution in [1.82, 2.24) is 9.88 Å². The van der Waals surface area contributed by atoms with Gasteiger partial charge < -0.3 is 14.6 Å². The van der Waals surface area contributed by atoms with E-state index in [0.717, 1.165) is 49.4 Å². The van der Waals surface area contributed by atoms with Crippen LogP contribution in [0.4, 0.5) is 0 Å². The predicted molar refractivity (Wildman–Crippen MR) is 108 cm³/mol. The minimum absolute atomic E-state index is 0.00879. The lowest BCUT2D eigenvalue weighted by Gasteiger charge is -2.33. The summed E-state index contributed by atoms with van der Waals surface area (Å²) in [6, 6.07) is 8.05. The summed E-state index contributed by atoms with van der Waals surface area (Å²) in [4.78, 5) is 30.9. The molecule has 1 fully saturated rings. The third-order valence-electron chi connectivity index (χ3n) is 5.87. The fraction of sp³-hybridized carbons (Fsp3) is 0.478. The van der Waals surface area contributed by atoms with E-state index >= 15 is 0 Å². The number of aromatic amines is 1. The molecule has 2 aromatic rings. The summed E-state index contributed by atoms with van der Waals surface area (Å²) in [5.74, 6) is 1.28. The molecule has 0 saturated carbocycles. The van der Waals surface area contributed by atoms with E-state index in [-0.39, 0.29) is 11.7 Å². The number of rotatable bonds is 4. The number of nitrogens with zero attached hydrogens (tertiary/aromatic N) is 1. The van der Waals surface area contributed by atoms with Crippen LogP contribution < -0.4 is 4.74 Å². The number of H-pyrrole nitrogens is 1. The van der Waals surface area contributed by atoms with E-state index in [4.69, 9.17) is 4.74 Å². The number of fused-ring (bicyclic) bond motifs is 1. The summed E-state index contributed by atoms with van der Waals surface area (Å²) < 4.78 is 5.98. The molecule has 1 atom stereocenters. The van der Waals surface area contributed by atoms with Gasteiger partial charge >= 0.3 is 0 Å². The lowest BCUT2D eigenvalue weighted by Crippen LogP contribution is -2.42. The molecule has 2 aliphatic rings. The van der Waals surface area contributed by atoms with Gasteiger partial charge in [0.05, 0.1) is 17.7 Å². The lowest BCUT2D eigenvalue weighted by molar-refractivity contribution is 0.0629. The van der Waals surface area contributed by atoms with Crippen LogP contribution >= 0.6 is 0 Å². The van der Waals surface area contributed by atoms with Crippen LogP contribution in [0.5, 0.6) is 5.75 Å². The van der Waals surface area contributed by atoms with Crippen LogP contribution in [0, 0.1) is 19.8 Å². The van der Waals surface area contributed by atoms with Crippen molar-refractivity contribution in [2.75, 3.05) is 19.7 Å². The summed E-state index contributed by atoms with van der Waals surface area (Å²) in [5, 5.41) is 0. The average Bonchev–Trinajstić information content (AvgIpc) is 3.03. The smallest absolute Gasteiger partial charge is 0.256 e. The quantitative estimate of drug-likeness (QED) is 0.869. The van der Waals surface area contributed by atoms with E-state index in [9.17, 15) is 9.59 Å². The van der Waals surface area contributed by atoms with Crippen LogP contribution in [-0.2, 0) is 6.42 Å². The second kappa shape index (κ2) is 7.82. The molecule has 0 bridgehead atoms. The zero-order valence-electron chi connectivity index (χ0n) is 16.7.